The van der Waals surface area contributed by atoms with Gasteiger partial charge in [0.2, 0.25) is 0 Å². The van der Waals surface area contributed by atoms with E-state index in [1.54, 1.807) is 0 Å². The minimum absolute atomic E-state index is 0.238. The van der Waals surface area contributed by atoms with Gasteiger partial charge in [-0.25, -0.2) is 0 Å². The van der Waals surface area contributed by atoms with Gasteiger partial charge < -0.3 is 47.4 Å². The maximum Gasteiger partial charge on any atom is 0.308 e. The first-order chi connectivity index (χ1) is 20.0. The highest BCUT2D eigenvalue weighted by atomic mass is 127. The van der Waals surface area contributed by atoms with Crippen LogP contribution >= 0.6 is 22.6 Å². The molecule has 0 amide bonds. The van der Waals surface area contributed by atoms with Gasteiger partial charge in [-0.3, -0.25) is 4.79 Å². The summed E-state index contributed by atoms with van der Waals surface area (Å²) >= 11 is 2.42. The number of rotatable bonds is 33. The molecular formula is C29H57IO11. The van der Waals surface area contributed by atoms with E-state index in [4.69, 9.17) is 47.4 Å². The van der Waals surface area contributed by atoms with E-state index < -0.39 is 5.60 Å². The summed E-state index contributed by atoms with van der Waals surface area (Å²) < 4.78 is 55.6. The van der Waals surface area contributed by atoms with Crippen LogP contribution in [0.25, 0.3) is 0 Å². The van der Waals surface area contributed by atoms with Crippen molar-refractivity contribution in [3.63, 3.8) is 0 Å². The van der Waals surface area contributed by atoms with E-state index in [1.807, 2.05) is 20.8 Å². The van der Waals surface area contributed by atoms with Gasteiger partial charge in [0.15, 0.2) is 0 Å². The van der Waals surface area contributed by atoms with Crippen molar-refractivity contribution in [1.29, 1.82) is 0 Å². The van der Waals surface area contributed by atoms with Crippen LogP contribution in [0.5, 0.6) is 0 Å². The van der Waals surface area contributed by atoms with Crippen LogP contribution in [-0.4, -0.2) is 135 Å². The van der Waals surface area contributed by atoms with Gasteiger partial charge in [-0.2, -0.15) is 0 Å². The maximum absolute atomic E-state index is 11.5. The molecule has 0 aromatic carbocycles. The molecule has 0 bridgehead atoms. The predicted molar refractivity (Wildman–Crippen MR) is 165 cm³/mol. The Hall–Kier alpha value is -0.160. The molecule has 246 valence electrons. The van der Waals surface area contributed by atoms with Crippen LogP contribution in [0.2, 0.25) is 0 Å². The Labute approximate surface area is 262 Å². The molecule has 0 aliphatic carbocycles. The van der Waals surface area contributed by atoms with Crippen molar-refractivity contribution in [2.75, 3.05) is 123 Å². The van der Waals surface area contributed by atoms with Crippen molar-refractivity contribution < 1.29 is 52.2 Å². The Morgan fingerprint density at radius 3 is 1.05 bits per heavy atom. The molecule has 0 aromatic rings. The fraction of sp³-hybridized carbons (Fsp3) is 0.966. The zero-order valence-electron chi connectivity index (χ0n) is 25.8. The average molecular weight is 709 g/mol. The van der Waals surface area contributed by atoms with Crippen LogP contribution in [-0.2, 0) is 52.2 Å². The smallest absolute Gasteiger partial charge is 0.308 e. The standard InChI is InChI=1S/C29H57IO11/c1-29(2,3)41-28(31)8-11-33-13-15-35-17-19-37-21-23-39-25-27-40-26-24-38-22-20-36-18-16-34-14-12-32-10-7-5-4-6-9-30/h4-27H2,1-3H3. The van der Waals surface area contributed by atoms with E-state index in [9.17, 15) is 4.79 Å². The second kappa shape index (κ2) is 32.7. The lowest BCUT2D eigenvalue weighted by Gasteiger charge is -2.19. The molecule has 11 nitrogen and oxygen atoms in total. The molecule has 0 fully saturated rings. The average Bonchev–Trinajstić information content (AvgIpc) is 2.92. The fourth-order valence-electron chi connectivity index (χ4n) is 3.06. The zero-order valence-corrected chi connectivity index (χ0v) is 28.0. The van der Waals surface area contributed by atoms with Crippen molar-refractivity contribution in [2.24, 2.45) is 0 Å². The lowest BCUT2D eigenvalue weighted by atomic mass is 10.2. The number of unbranched alkanes of at least 4 members (excludes halogenated alkanes) is 3. The zero-order chi connectivity index (χ0) is 30.1. The Balaban J connectivity index is 3.09. The van der Waals surface area contributed by atoms with Crippen LogP contribution in [0.3, 0.4) is 0 Å². The molecule has 0 rings (SSSR count). The molecule has 0 unspecified atom stereocenters. The molecule has 0 N–H and O–H groups in total. The van der Waals surface area contributed by atoms with Gasteiger partial charge >= 0.3 is 5.97 Å². The Morgan fingerprint density at radius 1 is 0.439 bits per heavy atom. The summed E-state index contributed by atoms with van der Waals surface area (Å²) in [7, 11) is 0. The lowest BCUT2D eigenvalue weighted by molar-refractivity contribution is -0.156. The minimum Gasteiger partial charge on any atom is -0.460 e. The molecule has 41 heavy (non-hydrogen) atoms. The summed E-state index contributed by atoms with van der Waals surface area (Å²) in [5.74, 6) is -0.260. The monoisotopic (exact) mass is 708 g/mol. The molecule has 0 saturated heterocycles. The van der Waals surface area contributed by atoms with E-state index >= 15 is 0 Å². The molecule has 0 aliphatic heterocycles. The molecular weight excluding hydrogens is 651 g/mol. The molecule has 0 atom stereocenters. The summed E-state index contributed by atoms with van der Waals surface area (Å²) in [6.45, 7) is 15.0. The fourth-order valence-corrected chi connectivity index (χ4v) is 3.60. The second-order valence-electron chi connectivity index (χ2n) is 9.95. The van der Waals surface area contributed by atoms with E-state index in [1.165, 1.54) is 23.7 Å². The van der Waals surface area contributed by atoms with Crippen LogP contribution < -0.4 is 0 Å². The number of carbonyl (C=O) groups is 1. The Kier molecular flexibility index (Phi) is 32.6. The van der Waals surface area contributed by atoms with Crippen LogP contribution in [0, 0.1) is 0 Å². The van der Waals surface area contributed by atoms with E-state index in [-0.39, 0.29) is 12.4 Å². The highest BCUT2D eigenvalue weighted by Gasteiger charge is 2.15. The molecule has 12 heteroatoms. The Bertz CT molecular complexity index is 535. The predicted octanol–water partition coefficient (Wildman–Crippen LogP) is 3.86. The molecule has 0 aliphatic rings. The van der Waals surface area contributed by atoms with Crippen molar-refractivity contribution in [2.45, 2.75) is 58.5 Å². The third-order valence-electron chi connectivity index (χ3n) is 5.02. The second-order valence-corrected chi connectivity index (χ2v) is 11.0. The summed E-state index contributed by atoms with van der Waals surface area (Å²) in [6, 6.07) is 0. The summed E-state index contributed by atoms with van der Waals surface area (Å²) in [5.41, 5.74) is -0.468. The number of hydrogen-bond acceptors (Lipinski definition) is 11. The number of hydrogen-bond donors (Lipinski definition) is 0. The van der Waals surface area contributed by atoms with Gasteiger partial charge in [0, 0.05) is 6.61 Å². The van der Waals surface area contributed by atoms with E-state index in [0.29, 0.717) is 112 Å². The number of alkyl halides is 1. The number of halogens is 1. The highest BCUT2D eigenvalue weighted by molar-refractivity contribution is 14.1. The van der Waals surface area contributed by atoms with Gasteiger partial charge in [-0.15, -0.1) is 0 Å². The lowest BCUT2D eigenvalue weighted by Crippen LogP contribution is -2.24. The van der Waals surface area contributed by atoms with Gasteiger partial charge in [-0.1, -0.05) is 35.4 Å². The third-order valence-corrected chi connectivity index (χ3v) is 5.78. The normalized spacial score (nSPS) is 11.8. The molecule has 0 aromatic heterocycles. The SMILES string of the molecule is CC(C)(C)OC(=O)CCOCCOCCOCCOCCOCCOCCOCCOCCOCCCCCCI. The van der Waals surface area contributed by atoms with Crippen molar-refractivity contribution in [3.8, 4) is 0 Å². The number of esters is 1. The molecule has 0 heterocycles. The minimum atomic E-state index is -0.468. The van der Waals surface area contributed by atoms with Crippen molar-refractivity contribution >= 4 is 28.6 Å². The molecule has 0 spiro atoms. The number of carbonyl (C=O) groups excluding carboxylic acids is 1. The highest BCUT2D eigenvalue weighted by Crippen LogP contribution is 2.08. The van der Waals surface area contributed by atoms with Crippen molar-refractivity contribution in [1.82, 2.24) is 0 Å². The topological polar surface area (TPSA) is 109 Å². The largest absolute Gasteiger partial charge is 0.460 e. The summed E-state index contributed by atoms with van der Waals surface area (Å²) in [6.07, 6.45) is 5.21. The summed E-state index contributed by atoms with van der Waals surface area (Å²) in [5, 5.41) is 0. The van der Waals surface area contributed by atoms with Crippen molar-refractivity contribution in [3.05, 3.63) is 0 Å². The quantitative estimate of drug-likeness (QED) is 0.0429. The van der Waals surface area contributed by atoms with Gasteiger partial charge in [0.1, 0.15) is 5.60 Å². The summed E-state index contributed by atoms with van der Waals surface area (Å²) in [4.78, 5) is 11.5. The van der Waals surface area contributed by atoms with Gasteiger partial charge in [-0.05, 0) is 38.0 Å². The molecule has 0 saturated carbocycles. The first-order valence-corrected chi connectivity index (χ1v) is 16.5. The van der Waals surface area contributed by atoms with Crippen LogP contribution in [0.4, 0.5) is 0 Å². The van der Waals surface area contributed by atoms with E-state index in [0.717, 1.165) is 13.0 Å². The third kappa shape index (κ3) is 37.8. The van der Waals surface area contributed by atoms with Crippen LogP contribution in [0.15, 0.2) is 0 Å². The first-order valence-electron chi connectivity index (χ1n) is 14.9. The van der Waals surface area contributed by atoms with Gasteiger partial charge in [0.05, 0.1) is 119 Å². The first kappa shape index (κ1) is 40.8. The Morgan fingerprint density at radius 2 is 0.732 bits per heavy atom. The molecule has 0 radical (unpaired) electrons. The van der Waals surface area contributed by atoms with E-state index in [2.05, 4.69) is 22.6 Å². The number of ether oxygens (including phenoxy) is 10. The van der Waals surface area contributed by atoms with Gasteiger partial charge in [0.25, 0.3) is 0 Å². The van der Waals surface area contributed by atoms with Crippen LogP contribution in [0.1, 0.15) is 52.9 Å². The maximum atomic E-state index is 11.5.